The number of aliphatic imine (C=N–C) groups is 1. The zero-order valence-electron chi connectivity index (χ0n) is 11.8. The standard InChI is InChI=1S/C16H23N3.HI/c17-16(18-14-8-4-5-9-14)19-15-11-13(15)10-12-6-2-1-3-7-12;/h1-3,6-7,13-15H,4-5,8-11H2,(H3,17,18,19);1H. The molecule has 2 fully saturated rings. The van der Waals surface area contributed by atoms with Gasteiger partial charge < -0.3 is 11.1 Å². The van der Waals surface area contributed by atoms with Gasteiger partial charge in [0.05, 0.1) is 6.04 Å². The Morgan fingerprint density at radius 2 is 1.90 bits per heavy atom. The molecule has 1 aromatic carbocycles. The van der Waals surface area contributed by atoms with E-state index in [-0.39, 0.29) is 24.0 Å². The van der Waals surface area contributed by atoms with E-state index in [0.29, 0.717) is 24.0 Å². The molecular weight excluding hydrogens is 361 g/mol. The third-order valence-electron chi connectivity index (χ3n) is 4.24. The fourth-order valence-corrected chi connectivity index (χ4v) is 3.02. The minimum atomic E-state index is 0. The molecule has 2 atom stereocenters. The Balaban J connectivity index is 0.00000147. The molecule has 4 heteroatoms. The highest BCUT2D eigenvalue weighted by Crippen LogP contribution is 2.36. The van der Waals surface area contributed by atoms with Gasteiger partial charge in [0.1, 0.15) is 0 Å². The van der Waals surface area contributed by atoms with Gasteiger partial charge in [-0.05, 0) is 37.2 Å². The van der Waals surface area contributed by atoms with Gasteiger partial charge in [-0.25, -0.2) is 4.99 Å². The Hall–Kier alpha value is -0.780. The fourth-order valence-electron chi connectivity index (χ4n) is 3.02. The van der Waals surface area contributed by atoms with Gasteiger partial charge in [-0.3, -0.25) is 0 Å². The monoisotopic (exact) mass is 385 g/mol. The van der Waals surface area contributed by atoms with E-state index in [4.69, 9.17) is 5.73 Å². The third kappa shape index (κ3) is 4.36. The second-order valence-electron chi connectivity index (χ2n) is 5.89. The molecule has 0 bridgehead atoms. The van der Waals surface area contributed by atoms with Crippen molar-refractivity contribution in [2.75, 3.05) is 0 Å². The Morgan fingerprint density at radius 3 is 2.60 bits per heavy atom. The van der Waals surface area contributed by atoms with Crippen LogP contribution in [0.25, 0.3) is 0 Å². The molecule has 20 heavy (non-hydrogen) atoms. The van der Waals surface area contributed by atoms with Gasteiger partial charge in [-0.1, -0.05) is 43.2 Å². The summed E-state index contributed by atoms with van der Waals surface area (Å²) >= 11 is 0. The number of rotatable bonds is 4. The number of nitrogens with two attached hydrogens (primary N) is 1. The van der Waals surface area contributed by atoms with E-state index < -0.39 is 0 Å². The highest BCUT2D eigenvalue weighted by atomic mass is 127. The zero-order valence-corrected chi connectivity index (χ0v) is 14.1. The minimum Gasteiger partial charge on any atom is -0.370 e. The number of hydrogen-bond donors (Lipinski definition) is 2. The largest absolute Gasteiger partial charge is 0.370 e. The van der Waals surface area contributed by atoms with E-state index in [9.17, 15) is 0 Å². The Bertz CT molecular complexity index is 440. The zero-order chi connectivity index (χ0) is 13.1. The van der Waals surface area contributed by atoms with Crippen LogP contribution in [0.3, 0.4) is 0 Å². The Morgan fingerprint density at radius 1 is 1.20 bits per heavy atom. The van der Waals surface area contributed by atoms with Gasteiger partial charge >= 0.3 is 0 Å². The van der Waals surface area contributed by atoms with E-state index in [0.717, 1.165) is 6.42 Å². The van der Waals surface area contributed by atoms with Crippen LogP contribution >= 0.6 is 24.0 Å². The smallest absolute Gasteiger partial charge is 0.189 e. The molecule has 0 spiro atoms. The van der Waals surface area contributed by atoms with Crippen molar-refractivity contribution in [2.24, 2.45) is 16.6 Å². The normalized spacial score (nSPS) is 26.1. The first-order valence-electron chi connectivity index (χ1n) is 7.45. The highest BCUT2D eigenvalue weighted by Gasteiger charge is 2.37. The number of nitrogens with zero attached hydrogens (tertiary/aromatic N) is 1. The molecule has 2 aliphatic carbocycles. The molecule has 110 valence electrons. The van der Waals surface area contributed by atoms with Crippen LogP contribution in [0.4, 0.5) is 0 Å². The average Bonchev–Trinajstić information content (AvgIpc) is 2.91. The summed E-state index contributed by atoms with van der Waals surface area (Å²) in [6, 6.07) is 11.7. The van der Waals surface area contributed by atoms with Gasteiger partial charge in [0.15, 0.2) is 5.96 Å². The van der Waals surface area contributed by atoms with Crippen molar-refractivity contribution in [2.45, 2.75) is 50.6 Å². The summed E-state index contributed by atoms with van der Waals surface area (Å²) in [5.41, 5.74) is 7.40. The van der Waals surface area contributed by atoms with Crippen molar-refractivity contribution in [1.82, 2.24) is 5.32 Å². The van der Waals surface area contributed by atoms with Gasteiger partial charge in [0, 0.05) is 6.04 Å². The predicted octanol–water partition coefficient (Wildman–Crippen LogP) is 3.08. The van der Waals surface area contributed by atoms with Crippen LogP contribution < -0.4 is 11.1 Å². The second kappa shape index (κ2) is 7.29. The van der Waals surface area contributed by atoms with Gasteiger partial charge in [-0.15, -0.1) is 24.0 Å². The maximum absolute atomic E-state index is 5.99. The first kappa shape index (κ1) is 15.6. The topological polar surface area (TPSA) is 50.4 Å². The molecule has 0 aliphatic heterocycles. The van der Waals surface area contributed by atoms with Crippen LogP contribution in [0.1, 0.15) is 37.7 Å². The van der Waals surface area contributed by atoms with Crippen molar-refractivity contribution in [3.8, 4) is 0 Å². The molecule has 0 amide bonds. The van der Waals surface area contributed by atoms with E-state index in [1.54, 1.807) is 0 Å². The highest BCUT2D eigenvalue weighted by molar-refractivity contribution is 14.0. The van der Waals surface area contributed by atoms with Gasteiger partial charge in [-0.2, -0.15) is 0 Å². The van der Waals surface area contributed by atoms with Crippen molar-refractivity contribution in [3.63, 3.8) is 0 Å². The number of nitrogens with one attached hydrogen (secondary N) is 1. The van der Waals surface area contributed by atoms with Gasteiger partial charge in [0.25, 0.3) is 0 Å². The summed E-state index contributed by atoms with van der Waals surface area (Å²) < 4.78 is 0. The lowest BCUT2D eigenvalue weighted by atomic mass is 10.1. The molecule has 3 rings (SSSR count). The molecule has 0 heterocycles. The Labute approximate surface area is 138 Å². The lowest BCUT2D eigenvalue weighted by molar-refractivity contribution is 0.624. The maximum atomic E-state index is 5.99. The molecule has 0 saturated heterocycles. The number of guanidine groups is 1. The molecule has 1 aromatic rings. The number of halogens is 1. The molecule has 2 unspecified atom stereocenters. The van der Waals surface area contributed by atoms with Crippen LogP contribution in [-0.2, 0) is 6.42 Å². The quantitative estimate of drug-likeness (QED) is 0.476. The SMILES string of the molecule is I.NC(=NC1CC1Cc1ccccc1)NC1CCCC1. The van der Waals surface area contributed by atoms with Crippen LogP contribution in [0.2, 0.25) is 0 Å². The average molecular weight is 385 g/mol. The van der Waals surface area contributed by atoms with Crippen LogP contribution in [0.15, 0.2) is 35.3 Å². The maximum Gasteiger partial charge on any atom is 0.189 e. The fraction of sp³-hybridized carbons (Fsp3) is 0.562. The summed E-state index contributed by atoms with van der Waals surface area (Å²) in [5, 5.41) is 3.36. The number of hydrogen-bond acceptors (Lipinski definition) is 1. The molecular formula is C16H24IN3. The van der Waals surface area contributed by atoms with E-state index in [1.165, 1.54) is 37.7 Å². The molecule has 2 saturated carbocycles. The van der Waals surface area contributed by atoms with Crippen LogP contribution in [0.5, 0.6) is 0 Å². The number of benzene rings is 1. The molecule has 0 radical (unpaired) electrons. The summed E-state index contributed by atoms with van der Waals surface area (Å²) in [5.74, 6) is 1.35. The molecule has 3 N–H and O–H groups in total. The van der Waals surface area contributed by atoms with Gasteiger partial charge in [0.2, 0.25) is 0 Å². The van der Waals surface area contributed by atoms with E-state index >= 15 is 0 Å². The van der Waals surface area contributed by atoms with Crippen molar-refractivity contribution in [1.29, 1.82) is 0 Å². The van der Waals surface area contributed by atoms with Crippen molar-refractivity contribution in [3.05, 3.63) is 35.9 Å². The minimum absolute atomic E-state index is 0. The van der Waals surface area contributed by atoms with Crippen molar-refractivity contribution >= 4 is 29.9 Å². The second-order valence-corrected chi connectivity index (χ2v) is 5.89. The Kier molecular flexibility index (Phi) is 5.69. The summed E-state index contributed by atoms with van der Waals surface area (Å²) in [4.78, 5) is 4.61. The van der Waals surface area contributed by atoms with Crippen LogP contribution in [0, 0.1) is 5.92 Å². The van der Waals surface area contributed by atoms with Crippen molar-refractivity contribution < 1.29 is 0 Å². The third-order valence-corrected chi connectivity index (χ3v) is 4.24. The summed E-state index contributed by atoms with van der Waals surface area (Å²) in [7, 11) is 0. The first-order chi connectivity index (χ1) is 9.31. The lowest BCUT2D eigenvalue weighted by Gasteiger charge is -2.12. The molecule has 2 aliphatic rings. The summed E-state index contributed by atoms with van der Waals surface area (Å²) in [6.45, 7) is 0. The molecule has 0 aromatic heterocycles. The predicted molar refractivity (Wildman–Crippen MR) is 94.5 cm³/mol. The summed E-state index contributed by atoms with van der Waals surface area (Å²) in [6.07, 6.45) is 7.45. The first-order valence-corrected chi connectivity index (χ1v) is 7.45. The van der Waals surface area contributed by atoms with Crippen LogP contribution in [-0.4, -0.2) is 18.0 Å². The lowest BCUT2D eigenvalue weighted by Crippen LogP contribution is -2.38. The van der Waals surface area contributed by atoms with E-state index in [1.807, 2.05) is 0 Å². The van der Waals surface area contributed by atoms with E-state index in [2.05, 4.69) is 40.6 Å². The molecule has 3 nitrogen and oxygen atoms in total.